The Kier molecular flexibility index (Phi) is 3.24. The summed E-state index contributed by atoms with van der Waals surface area (Å²) in [6.07, 6.45) is 2.41. The lowest BCUT2D eigenvalue weighted by Gasteiger charge is -2.24. The van der Waals surface area contributed by atoms with Gasteiger partial charge in [0.05, 0.1) is 0 Å². The van der Waals surface area contributed by atoms with Gasteiger partial charge in [-0.1, -0.05) is 19.1 Å². The highest BCUT2D eigenvalue weighted by molar-refractivity contribution is 5.23. The minimum atomic E-state index is -0.763. The second-order valence-corrected chi connectivity index (χ2v) is 4.61. The Balaban J connectivity index is 2.28. The maximum absolute atomic E-state index is 13.7. The van der Waals surface area contributed by atoms with E-state index in [0.717, 1.165) is 6.07 Å². The Labute approximate surface area is 94.9 Å². The third-order valence-electron chi connectivity index (χ3n) is 3.52. The van der Waals surface area contributed by atoms with E-state index in [1.54, 1.807) is 19.2 Å². The zero-order chi connectivity index (χ0) is 11.7. The van der Waals surface area contributed by atoms with Crippen molar-refractivity contribution in [3.8, 4) is 0 Å². The molecule has 1 aromatic carbocycles. The smallest absolute Gasteiger partial charge is 0.163 e. The zero-order valence-electron chi connectivity index (χ0n) is 9.63. The van der Waals surface area contributed by atoms with Gasteiger partial charge in [0.1, 0.15) is 0 Å². The molecular formula is C13H17F2N. The largest absolute Gasteiger partial charge is 0.313 e. The van der Waals surface area contributed by atoms with E-state index in [2.05, 4.69) is 12.2 Å². The van der Waals surface area contributed by atoms with Crippen LogP contribution in [0.15, 0.2) is 18.2 Å². The molecule has 1 nitrogen and oxygen atoms in total. The molecule has 0 aromatic heterocycles. The van der Waals surface area contributed by atoms with Crippen molar-refractivity contribution in [2.45, 2.75) is 25.8 Å². The lowest BCUT2D eigenvalue weighted by molar-refractivity contribution is 0.353. The molecule has 0 bridgehead atoms. The number of nitrogens with one attached hydrogen (secondary N) is 1. The molecule has 1 saturated carbocycles. The molecule has 1 aliphatic rings. The highest BCUT2D eigenvalue weighted by atomic mass is 19.2. The molecule has 0 heterocycles. The van der Waals surface area contributed by atoms with Crippen LogP contribution >= 0.6 is 0 Å². The molecule has 1 N–H and O–H groups in total. The summed E-state index contributed by atoms with van der Waals surface area (Å²) in [4.78, 5) is 0. The van der Waals surface area contributed by atoms with Crippen molar-refractivity contribution in [3.63, 3.8) is 0 Å². The van der Waals surface area contributed by atoms with E-state index < -0.39 is 11.6 Å². The predicted octanol–water partition coefficient (Wildman–Crippen LogP) is 3.27. The first kappa shape index (κ1) is 11.5. The summed E-state index contributed by atoms with van der Waals surface area (Å²) in [5, 5.41) is 3.10. The zero-order valence-corrected chi connectivity index (χ0v) is 9.63. The van der Waals surface area contributed by atoms with Crippen molar-refractivity contribution < 1.29 is 8.78 Å². The van der Waals surface area contributed by atoms with Crippen LogP contribution in [0.3, 0.4) is 0 Å². The van der Waals surface area contributed by atoms with Gasteiger partial charge in [0.25, 0.3) is 0 Å². The standard InChI is InChI=1S/C13H17F2N/c1-8(9-6-7-9)13(16-2)10-4-3-5-11(14)12(10)15/h3-5,8-9,13,16H,6-7H2,1-2H3. The van der Waals surface area contributed by atoms with Crippen LogP contribution < -0.4 is 5.32 Å². The maximum atomic E-state index is 13.7. The average molecular weight is 225 g/mol. The SMILES string of the molecule is CNC(c1cccc(F)c1F)C(C)C1CC1. The van der Waals surface area contributed by atoms with E-state index in [4.69, 9.17) is 0 Å². The number of hydrogen-bond donors (Lipinski definition) is 1. The Bertz CT molecular complexity index is 374. The van der Waals surface area contributed by atoms with Gasteiger partial charge in [-0.05, 0) is 37.8 Å². The molecule has 3 heteroatoms. The van der Waals surface area contributed by atoms with Gasteiger partial charge in [0.2, 0.25) is 0 Å². The third kappa shape index (κ3) is 2.09. The summed E-state index contributed by atoms with van der Waals surface area (Å²) >= 11 is 0. The van der Waals surface area contributed by atoms with Crippen LogP contribution in [0, 0.1) is 23.5 Å². The van der Waals surface area contributed by atoms with Crippen LogP contribution in [-0.4, -0.2) is 7.05 Å². The van der Waals surface area contributed by atoms with E-state index in [9.17, 15) is 8.78 Å². The van der Waals surface area contributed by atoms with Crippen molar-refractivity contribution in [1.29, 1.82) is 0 Å². The van der Waals surface area contributed by atoms with Crippen LogP contribution in [-0.2, 0) is 0 Å². The molecule has 2 unspecified atom stereocenters. The molecule has 0 radical (unpaired) electrons. The lowest BCUT2D eigenvalue weighted by atomic mass is 9.90. The highest BCUT2D eigenvalue weighted by Crippen LogP contribution is 2.43. The van der Waals surface area contributed by atoms with Crippen LogP contribution in [0.4, 0.5) is 8.78 Å². The average Bonchev–Trinajstić information content (AvgIpc) is 3.08. The van der Waals surface area contributed by atoms with Gasteiger partial charge in [-0.15, -0.1) is 0 Å². The van der Waals surface area contributed by atoms with E-state index >= 15 is 0 Å². The fraction of sp³-hybridized carbons (Fsp3) is 0.538. The van der Waals surface area contributed by atoms with Crippen molar-refractivity contribution in [1.82, 2.24) is 5.32 Å². The Morgan fingerprint density at radius 1 is 1.31 bits per heavy atom. The van der Waals surface area contributed by atoms with Gasteiger partial charge >= 0.3 is 0 Å². The summed E-state index contributed by atoms with van der Waals surface area (Å²) in [6.45, 7) is 2.10. The monoisotopic (exact) mass is 225 g/mol. The van der Waals surface area contributed by atoms with Crippen LogP contribution in [0.5, 0.6) is 0 Å². The molecule has 1 aromatic rings. The quantitative estimate of drug-likeness (QED) is 0.829. The van der Waals surface area contributed by atoms with Crippen molar-refractivity contribution >= 4 is 0 Å². The predicted molar refractivity (Wildman–Crippen MR) is 60.0 cm³/mol. The van der Waals surface area contributed by atoms with Crippen molar-refractivity contribution in [3.05, 3.63) is 35.4 Å². The fourth-order valence-electron chi connectivity index (χ4n) is 2.36. The maximum Gasteiger partial charge on any atom is 0.163 e. The number of halogens is 2. The third-order valence-corrected chi connectivity index (χ3v) is 3.52. The molecule has 2 atom stereocenters. The first-order chi connectivity index (χ1) is 7.65. The number of hydrogen-bond acceptors (Lipinski definition) is 1. The molecule has 0 amide bonds. The summed E-state index contributed by atoms with van der Waals surface area (Å²) in [5.74, 6) is -0.475. The number of rotatable bonds is 4. The summed E-state index contributed by atoms with van der Waals surface area (Å²) in [7, 11) is 1.80. The molecule has 0 aliphatic heterocycles. The Morgan fingerprint density at radius 3 is 2.56 bits per heavy atom. The topological polar surface area (TPSA) is 12.0 Å². The first-order valence-corrected chi connectivity index (χ1v) is 5.76. The van der Waals surface area contributed by atoms with Crippen LogP contribution in [0.1, 0.15) is 31.4 Å². The first-order valence-electron chi connectivity index (χ1n) is 5.76. The van der Waals surface area contributed by atoms with Crippen LogP contribution in [0.25, 0.3) is 0 Å². The Hall–Kier alpha value is -0.960. The minimum Gasteiger partial charge on any atom is -0.313 e. The van der Waals surface area contributed by atoms with Gasteiger partial charge in [-0.2, -0.15) is 0 Å². The van der Waals surface area contributed by atoms with Gasteiger partial charge in [0, 0.05) is 11.6 Å². The van der Waals surface area contributed by atoms with E-state index in [-0.39, 0.29) is 6.04 Å². The van der Waals surface area contributed by atoms with Gasteiger partial charge < -0.3 is 5.32 Å². The van der Waals surface area contributed by atoms with Gasteiger partial charge in [-0.3, -0.25) is 0 Å². The van der Waals surface area contributed by atoms with Gasteiger partial charge in [0.15, 0.2) is 11.6 Å². The summed E-state index contributed by atoms with van der Waals surface area (Å²) < 4.78 is 26.8. The molecule has 16 heavy (non-hydrogen) atoms. The van der Waals surface area contributed by atoms with Crippen molar-refractivity contribution in [2.75, 3.05) is 7.05 Å². The second kappa shape index (κ2) is 4.50. The summed E-state index contributed by atoms with van der Waals surface area (Å²) in [5.41, 5.74) is 0.446. The second-order valence-electron chi connectivity index (χ2n) is 4.61. The molecule has 1 aliphatic carbocycles. The fourth-order valence-corrected chi connectivity index (χ4v) is 2.36. The minimum absolute atomic E-state index is 0.0943. The molecule has 0 saturated heterocycles. The van der Waals surface area contributed by atoms with Crippen LogP contribution in [0.2, 0.25) is 0 Å². The highest BCUT2D eigenvalue weighted by Gasteiger charge is 2.34. The Morgan fingerprint density at radius 2 is 2.00 bits per heavy atom. The van der Waals surface area contributed by atoms with Gasteiger partial charge in [-0.25, -0.2) is 8.78 Å². The van der Waals surface area contributed by atoms with E-state index in [0.29, 0.717) is 17.4 Å². The normalized spacial score (nSPS) is 19.5. The molecule has 88 valence electrons. The van der Waals surface area contributed by atoms with E-state index in [1.165, 1.54) is 12.8 Å². The van der Waals surface area contributed by atoms with Crippen molar-refractivity contribution in [2.24, 2.45) is 11.8 Å². The summed E-state index contributed by atoms with van der Waals surface area (Å²) in [6, 6.07) is 4.30. The molecule has 0 spiro atoms. The molecule has 2 rings (SSSR count). The number of benzene rings is 1. The van der Waals surface area contributed by atoms with E-state index in [1.807, 2.05) is 0 Å². The molecule has 1 fully saturated rings. The molecular weight excluding hydrogens is 208 g/mol. The lowest BCUT2D eigenvalue weighted by Crippen LogP contribution is -2.26.